The van der Waals surface area contributed by atoms with Crippen LogP contribution in [0.1, 0.15) is 118 Å². The summed E-state index contributed by atoms with van der Waals surface area (Å²) in [6.07, 6.45) is 20.1. The second-order valence-corrected chi connectivity index (χ2v) is 14.1. The van der Waals surface area contributed by atoms with Crippen LogP contribution >= 0.6 is 0 Å². The van der Waals surface area contributed by atoms with Gasteiger partial charge in [0.2, 0.25) is 0 Å². The third kappa shape index (κ3) is 6.05. The smallest absolute Gasteiger partial charge is 0.00672 e. The van der Waals surface area contributed by atoms with Gasteiger partial charge in [0, 0.05) is 6.04 Å². The van der Waals surface area contributed by atoms with Crippen LogP contribution < -0.4 is 16.4 Å². The first-order valence-electron chi connectivity index (χ1n) is 15.5. The number of rotatable bonds is 14. The fourth-order valence-electron chi connectivity index (χ4n) is 9.55. The van der Waals surface area contributed by atoms with E-state index >= 15 is 0 Å². The summed E-state index contributed by atoms with van der Waals surface area (Å²) in [6, 6.07) is 0.719. The van der Waals surface area contributed by atoms with Gasteiger partial charge in [-0.25, -0.2) is 0 Å². The molecule has 6 saturated carbocycles. The Balaban J connectivity index is 1.30. The summed E-state index contributed by atoms with van der Waals surface area (Å²) in [7, 11) is 0. The highest BCUT2D eigenvalue weighted by atomic mass is 14.9. The Hall–Kier alpha value is -0.120. The fourth-order valence-corrected chi connectivity index (χ4v) is 9.55. The van der Waals surface area contributed by atoms with E-state index in [0.29, 0.717) is 10.8 Å². The Morgan fingerprint density at radius 1 is 0.676 bits per heavy atom. The van der Waals surface area contributed by atoms with Gasteiger partial charge in [-0.05, 0) is 162 Å². The summed E-state index contributed by atoms with van der Waals surface area (Å²) in [5.74, 6) is 5.94. The van der Waals surface area contributed by atoms with Gasteiger partial charge in [0.15, 0.2) is 0 Å². The molecule has 3 heteroatoms. The van der Waals surface area contributed by atoms with Crippen LogP contribution in [0.5, 0.6) is 0 Å². The van der Waals surface area contributed by atoms with Crippen molar-refractivity contribution >= 4 is 0 Å². The van der Waals surface area contributed by atoms with Crippen LogP contribution in [0.15, 0.2) is 0 Å². The first-order chi connectivity index (χ1) is 16.3. The second-order valence-electron chi connectivity index (χ2n) is 14.1. The SMILES string of the molecule is CC1(C)C2CCC(CC2)C1CCC(CCC1C2CCC(CC2)C1(C)C)NCCCNCCCN. The van der Waals surface area contributed by atoms with E-state index < -0.39 is 0 Å². The van der Waals surface area contributed by atoms with Gasteiger partial charge >= 0.3 is 0 Å². The molecule has 6 aliphatic rings. The highest BCUT2D eigenvalue weighted by molar-refractivity contribution is 5.00. The summed E-state index contributed by atoms with van der Waals surface area (Å²) in [5, 5.41) is 7.63. The molecule has 0 amide bonds. The van der Waals surface area contributed by atoms with Gasteiger partial charge in [0.1, 0.15) is 0 Å². The number of hydrogen-bond acceptors (Lipinski definition) is 3. The van der Waals surface area contributed by atoms with Crippen molar-refractivity contribution < 1.29 is 0 Å². The lowest BCUT2D eigenvalue weighted by molar-refractivity contribution is -0.0522. The molecule has 34 heavy (non-hydrogen) atoms. The minimum absolute atomic E-state index is 0.573. The molecule has 0 aromatic heterocycles. The fraction of sp³-hybridized carbons (Fsp3) is 1.00. The maximum Gasteiger partial charge on any atom is 0.00672 e. The maximum atomic E-state index is 5.63. The largest absolute Gasteiger partial charge is 0.330 e. The zero-order valence-electron chi connectivity index (χ0n) is 23.3. The molecule has 0 aromatic rings. The Morgan fingerprint density at radius 2 is 1.15 bits per heavy atom. The third-order valence-electron chi connectivity index (χ3n) is 11.9. The van der Waals surface area contributed by atoms with Crippen molar-refractivity contribution in [1.82, 2.24) is 10.6 Å². The molecule has 198 valence electrons. The molecular formula is C31H59N3. The topological polar surface area (TPSA) is 50.1 Å². The first kappa shape index (κ1) is 26.9. The molecule has 0 saturated heterocycles. The highest BCUT2D eigenvalue weighted by Crippen LogP contribution is 2.58. The third-order valence-corrected chi connectivity index (χ3v) is 11.9. The molecule has 2 unspecified atom stereocenters. The van der Waals surface area contributed by atoms with E-state index in [-0.39, 0.29) is 0 Å². The van der Waals surface area contributed by atoms with Crippen LogP contribution in [0.4, 0.5) is 0 Å². The summed E-state index contributed by atoms with van der Waals surface area (Å²) in [6.45, 7) is 14.6. The van der Waals surface area contributed by atoms with E-state index in [9.17, 15) is 0 Å². The monoisotopic (exact) mass is 473 g/mol. The Bertz CT molecular complexity index is 554. The van der Waals surface area contributed by atoms with E-state index in [1.165, 1.54) is 90.0 Å². The molecule has 6 rings (SSSR count). The van der Waals surface area contributed by atoms with E-state index in [2.05, 4.69) is 38.3 Å². The van der Waals surface area contributed by atoms with Crippen molar-refractivity contribution in [2.45, 2.75) is 124 Å². The highest BCUT2D eigenvalue weighted by Gasteiger charge is 2.49. The molecular weight excluding hydrogens is 414 g/mol. The summed E-state index contributed by atoms with van der Waals surface area (Å²) in [4.78, 5) is 0. The van der Waals surface area contributed by atoms with Crippen molar-refractivity contribution in [3.05, 3.63) is 0 Å². The molecule has 0 aliphatic heterocycles. The lowest BCUT2D eigenvalue weighted by atomic mass is 9.50. The van der Waals surface area contributed by atoms with Crippen LogP contribution in [0.25, 0.3) is 0 Å². The molecule has 6 fully saturated rings. The average Bonchev–Trinajstić information content (AvgIpc) is 2.82. The van der Waals surface area contributed by atoms with Crippen molar-refractivity contribution in [1.29, 1.82) is 0 Å². The lowest BCUT2D eigenvalue weighted by Crippen LogP contribution is -2.47. The van der Waals surface area contributed by atoms with Gasteiger partial charge < -0.3 is 16.4 Å². The zero-order valence-corrected chi connectivity index (χ0v) is 23.3. The van der Waals surface area contributed by atoms with Gasteiger partial charge in [-0.1, -0.05) is 27.7 Å². The normalized spacial score (nSPS) is 36.6. The van der Waals surface area contributed by atoms with Crippen LogP contribution in [-0.4, -0.2) is 32.2 Å². The summed E-state index contributed by atoms with van der Waals surface area (Å²) < 4.78 is 0. The minimum atomic E-state index is 0.573. The predicted molar refractivity (Wildman–Crippen MR) is 147 cm³/mol. The van der Waals surface area contributed by atoms with Crippen LogP contribution in [-0.2, 0) is 0 Å². The van der Waals surface area contributed by atoms with E-state index in [0.717, 1.165) is 67.6 Å². The van der Waals surface area contributed by atoms with Crippen molar-refractivity contribution in [3.8, 4) is 0 Å². The van der Waals surface area contributed by atoms with E-state index in [1.807, 2.05) is 0 Å². The van der Waals surface area contributed by atoms with Gasteiger partial charge in [-0.15, -0.1) is 0 Å². The molecule has 3 nitrogen and oxygen atoms in total. The number of fused-ring (bicyclic) bond motifs is 6. The Morgan fingerprint density at radius 3 is 1.59 bits per heavy atom. The Labute approximate surface area is 212 Å². The number of nitrogens with two attached hydrogens (primary N) is 1. The molecule has 2 atom stereocenters. The second kappa shape index (κ2) is 12.0. The molecule has 0 radical (unpaired) electrons. The van der Waals surface area contributed by atoms with Gasteiger partial charge in [0.05, 0.1) is 0 Å². The maximum absolute atomic E-state index is 5.63. The summed E-state index contributed by atoms with van der Waals surface area (Å²) in [5.41, 5.74) is 6.77. The van der Waals surface area contributed by atoms with Gasteiger partial charge in [0.25, 0.3) is 0 Å². The van der Waals surface area contributed by atoms with Crippen molar-refractivity contribution in [2.75, 3.05) is 26.2 Å². The van der Waals surface area contributed by atoms with Gasteiger partial charge in [-0.3, -0.25) is 0 Å². The number of nitrogens with one attached hydrogen (secondary N) is 2. The van der Waals surface area contributed by atoms with Crippen LogP contribution in [0.3, 0.4) is 0 Å². The van der Waals surface area contributed by atoms with Crippen LogP contribution in [0, 0.1) is 46.3 Å². The molecule has 6 aliphatic carbocycles. The lowest BCUT2D eigenvalue weighted by Gasteiger charge is -2.55. The zero-order chi connectivity index (χ0) is 24.2. The quantitative estimate of drug-likeness (QED) is 0.244. The van der Waals surface area contributed by atoms with E-state index in [1.54, 1.807) is 0 Å². The minimum Gasteiger partial charge on any atom is -0.330 e. The van der Waals surface area contributed by atoms with Gasteiger partial charge in [-0.2, -0.15) is 0 Å². The summed E-state index contributed by atoms with van der Waals surface area (Å²) >= 11 is 0. The van der Waals surface area contributed by atoms with E-state index in [4.69, 9.17) is 5.73 Å². The molecule has 0 spiro atoms. The van der Waals surface area contributed by atoms with Crippen molar-refractivity contribution in [3.63, 3.8) is 0 Å². The first-order valence-corrected chi connectivity index (χ1v) is 15.5. The predicted octanol–water partition coefficient (Wildman–Crippen LogP) is 6.76. The van der Waals surface area contributed by atoms with Crippen LogP contribution in [0.2, 0.25) is 0 Å². The number of hydrogen-bond donors (Lipinski definition) is 3. The average molecular weight is 474 g/mol. The standard InChI is InChI=1S/C31H59N3/c1-30(2)25-11-7-23(8-12-25)28(30)17-15-27(34-22-6-21-33-20-5-19-32)16-18-29-24-9-13-26(14-10-24)31(29,3)4/h23-29,33-34H,5-22,32H2,1-4H3. The molecule has 0 heterocycles. The Kier molecular flexibility index (Phi) is 9.47. The van der Waals surface area contributed by atoms with Crippen molar-refractivity contribution in [2.24, 2.45) is 52.1 Å². The molecule has 4 N–H and O–H groups in total. The molecule has 0 aromatic carbocycles. The molecule has 4 bridgehead atoms.